The fourth-order valence-electron chi connectivity index (χ4n) is 4.06. The molecule has 166 valence electrons. The highest BCUT2D eigenvalue weighted by molar-refractivity contribution is 5.79. The zero-order valence-electron chi connectivity index (χ0n) is 17.6. The van der Waals surface area contributed by atoms with Crippen molar-refractivity contribution in [2.75, 3.05) is 20.3 Å². The van der Waals surface area contributed by atoms with Gasteiger partial charge < -0.3 is 30.1 Å². The zero-order chi connectivity index (χ0) is 22.7. The standard InChI is InChI=1S/C25H25NO6/c1-31-15-10-11-20(22(27)12-15)24(29)23(28)13-26-25(30)32-14-21-18-8-4-2-6-16(18)17-7-3-5-9-19(17)21/h2-12,21,23-24,27-29H,13-14H2,1H3,(H,26,30). The summed E-state index contributed by atoms with van der Waals surface area (Å²) in [5, 5.41) is 33.1. The van der Waals surface area contributed by atoms with Crippen molar-refractivity contribution in [1.29, 1.82) is 0 Å². The second-order valence-electron chi connectivity index (χ2n) is 7.64. The number of aliphatic hydroxyl groups is 2. The van der Waals surface area contributed by atoms with Crippen LogP contribution in [0.4, 0.5) is 4.79 Å². The van der Waals surface area contributed by atoms with Crippen molar-refractivity contribution in [1.82, 2.24) is 5.32 Å². The van der Waals surface area contributed by atoms with Crippen molar-refractivity contribution in [3.8, 4) is 22.6 Å². The summed E-state index contributed by atoms with van der Waals surface area (Å²) in [6.45, 7) is -0.0961. The number of fused-ring (bicyclic) bond motifs is 3. The van der Waals surface area contributed by atoms with Crippen molar-refractivity contribution < 1.29 is 29.6 Å². The van der Waals surface area contributed by atoms with Crippen LogP contribution < -0.4 is 10.1 Å². The molecule has 0 radical (unpaired) electrons. The predicted octanol–water partition coefficient (Wildman–Crippen LogP) is 3.33. The maximum absolute atomic E-state index is 12.2. The molecule has 0 saturated heterocycles. The minimum absolute atomic E-state index is 0.0695. The number of carbonyl (C=O) groups is 1. The Kier molecular flexibility index (Phi) is 6.30. The predicted molar refractivity (Wildman–Crippen MR) is 119 cm³/mol. The zero-order valence-corrected chi connectivity index (χ0v) is 17.6. The van der Waals surface area contributed by atoms with Gasteiger partial charge in [0, 0.05) is 24.1 Å². The normalized spacial score (nSPS) is 14.2. The molecule has 1 aliphatic rings. The van der Waals surface area contributed by atoms with Crippen LogP contribution in [0.3, 0.4) is 0 Å². The van der Waals surface area contributed by atoms with Crippen LogP contribution in [0.5, 0.6) is 11.5 Å². The van der Waals surface area contributed by atoms with Crippen molar-refractivity contribution in [2.45, 2.75) is 18.1 Å². The highest BCUT2D eigenvalue weighted by Crippen LogP contribution is 2.44. The molecule has 7 heteroatoms. The van der Waals surface area contributed by atoms with E-state index in [1.54, 1.807) is 6.07 Å². The summed E-state index contributed by atoms with van der Waals surface area (Å²) in [6, 6.07) is 20.4. The smallest absolute Gasteiger partial charge is 0.407 e. The quantitative estimate of drug-likeness (QED) is 0.453. The van der Waals surface area contributed by atoms with E-state index in [-0.39, 0.29) is 30.4 Å². The molecule has 0 saturated carbocycles. The van der Waals surface area contributed by atoms with Gasteiger partial charge in [-0.1, -0.05) is 48.5 Å². The van der Waals surface area contributed by atoms with Crippen molar-refractivity contribution >= 4 is 6.09 Å². The maximum atomic E-state index is 12.2. The summed E-state index contributed by atoms with van der Waals surface area (Å²) in [5.74, 6) is 0.140. The molecule has 32 heavy (non-hydrogen) atoms. The van der Waals surface area contributed by atoms with Crippen LogP contribution in [0.15, 0.2) is 66.7 Å². The second kappa shape index (κ2) is 9.30. The Hall–Kier alpha value is -3.55. The number of phenolic OH excluding ortho intramolecular Hbond substituents is 1. The van der Waals surface area contributed by atoms with Gasteiger partial charge in [-0.3, -0.25) is 0 Å². The van der Waals surface area contributed by atoms with Gasteiger partial charge in [-0.2, -0.15) is 0 Å². The van der Waals surface area contributed by atoms with Crippen LogP contribution in [0.2, 0.25) is 0 Å². The van der Waals surface area contributed by atoms with Crippen molar-refractivity contribution in [3.63, 3.8) is 0 Å². The molecule has 0 aromatic heterocycles. The van der Waals surface area contributed by atoms with Gasteiger partial charge in [-0.25, -0.2) is 4.79 Å². The first kappa shape index (κ1) is 21.7. The van der Waals surface area contributed by atoms with E-state index in [9.17, 15) is 20.1 Å². The van der Waals surface area contributed by atoms with E-state index in [0.717, 1.165) is 22.3 Å². The number of carbonyl (C=O) groups excluding carboxylic acids is 1. The first-order valence-corrected chi connectivity index (χ1v) is 10.3. The molecule has 0 heterocycles. The molecular formula is C25H25NO6. The number of ether oxygens (including phenoxy) is 2. The SMILES string of the molecule is COc1ccc(C(O)C(O)CNC(=O)OCC2c3ccccc3-c3ccccc32)c(O)c1. The number of phenols is 1. The van der Waals surface area contributed by atoms with Gasteiger partial charge in [-0.05, 0) is 34.4 Å². The topological polar surface area (TPSA) is 108 Å². The number of hydrogen-bond donors (Lipinski definition) is 4. The Morgan fingerprint density at radius 2 is 1.62 bits per heavy atom. The van der Waals surface area contributed by atoms with Gasteiger partial charge in [0.1, 0.15) is 30.3 Å². The lowest BCUT2D eigenvalue weighted by Gasteiger charge is -2.20. The maximum Gasteiger partial charge on any atom is 0.407 e. The molecule has 4 rings (SSSR count). The Balaban J connectivity index is 1.34. The summed E-state index contributed by atoms with van der Waals surface area (Å²) in [4.78, 5) is 12.2. The van der Waals surface area contributed by atoms with E-state index in [1.165, 1.54) is 19.2 Å². The van der Waals surface area contributed by atoms with Crippen LogP contribution in [0, 0.1) is 0 Å². The van der Waals surface area contributed by atoms with Crippen molar-refractivity contribution in [3.05, 3.63) is 83.4 Å². The highest BCUT2D eigenvalue weighted by Gasteiger charge is 2.29. The third-order valence-corrected chi connectivity index (χ3v) is 5.72. The van der Waals surface area contributed by atoms with E-state index in [0.29, 0.717) is 5.75 Å². The minimum atomic E-state index is -1.39. The highest BCUT2D eigenvalue weighted by atomic mass is 16.5. The molecule has 3 aromatic carbocycles. The van der Waals surface area contributed by atoms with Gasteiger partial charge >= 0.3 is 6.09 Å². The summed E-state index contributed by atoms with van der Waals surface area (Å²) < 4.78 is 10.4. The van der Waals surface area contributed by atoms with Crippen LogP contribution in [-0.2, 0) is 4.74 Å². The molecule has 1 aliphatic carbocycles. The average molecular weight is 435 g/mol. The van der Waals surface area contributed by atoms with Crippen LogP contribution in [0.25, 0.3) is 11.1 Å². The fourth-order valence-corrected chi connectivity index (χ4v) is 4.06. The number of alkyl carbamates (subject to hydrolysis) is 1. The molecule has 0 spiro atoms. The molecule has 0 bridgehead atoms. The number of amides is 1. The van der Waals surface area contributed by atoms with Gasteiger partial charge in [-0.15, -0.1) is 0 Å². The number of benzene rings is 3. The summed E-state index contributed by atoms with van der Waals surface area (Å²) in [6.07, 6.45) is -3.43. The first-order valence-electron chi connectivity index (χ1n) is 10.3. The van der Waals surface area contributed by atoms with E-state index < -0.39 is 18.3 Å². The van der Waals surface area contributed by atoms with Crippen LogP contribution in [-0.4, -0.2) is 47.8 Å². The average Bonchev–Trinajstić information content (AvgIpc) is 3.14. The lowest BCUT2D eigenvalue weighted by molar-refractivity contribution is 0.0172. The molecule has 1 amide bonds. The number of aromatic hydroxyl groups is 1. The minimum Gasteiger partial charge on any atom is -0.507 e. The summed E-state index contributed by atoms with van der Waals surface area (Å²) >= 11 is 0. The molecule has 2 atom stereocenters. The molecule has 2 unspecified atom stereocenters. The van der Waals surface area contributed by atoms with Crippen LogP contribution >= 0.6 is 0 Å². The molecule has 7 nitrogen and oxygen atoms in total. The largest absolute Gasteiger partial charge is 0.507 e. The number of aliphatic hydroxyl groups excluding tert-OH is 2. The van der Waals surface area contributed by atoms with E-state index in [4.69, 9.17) is 9.47 Å². The number of rotatable bonds is 7. The Bertz CT molecular complexity index is 1070. The van der Waals surface area contributed by atoms with E-state index in [1.807, 2.05) is 36.4 Å². The number of methoxy groups -OCH3 is 1. The molecule has 4 N–H and O–H groups in total. The van der Waals surface area contributed by atoms with Crippen LogP contribution in [0.1, 0.15) is 28.7 Å². The monoisotopic (exact) mass is 435 g/mol. The van der Waals surface area contributed by atoms with Gasteiger partial charge in [0.2, 0.25) is 0 Å². The fraction of sp³-hybridized carbons (Fsp3) is 0.240. The Morgan fingerprint density at radius 3 is 2.22 bits per heavy atom. The number of nitrogens with one attached hydrogen (secondary N) is 1. The molecule has 0 fully saturated rings. The summed E-state index contributed by atoms with van der Waals surface area (Å²) in [5.41, 5.74) is 4.61. The lowest BCUT2D eigenvalue weighted by Crippen LogP contribution is -2.36. The third kappa shape index (κ3) is 4.26. The Morgan fingerprint density at radius 1 is 1.00 bits per heavy atom. The summed E-state index contributed by atoms with van der Waals surface area (Å²) in [7, 11) is 1.46. The van der Waals surface area contributed by atoms with Crippen molar-refractivity contribution in [2.24, 2.45) is 0 Å². The van der Waals surface area contributed by atoms with E-state index >= 15 is 0 Å². The lowest BCUT2D eigenvalue weighted by atomic mass is 9.98. The van der Waals surface area contributed by atoms with Gasteiger partial charge in [0.05, 0.1) is 7.11 Å². The Labute approximate surface area is 185 Å². The molecule has 0 aliphatic heterocycles. The van der Waals surface area contributed by atoms with Gasteiger partial charge in [0.15, 0.2) is 0 Å². The molecular weight excluding hydrogens is 410 g/mol. The first-order chi connectivity index (χ1) is 15.5. The second-order valence-corrected chi connectivity index (χ2v) is 7.64. The molecule has 3 aromatic rings. The van der Waals surface area contributed by atoms with Gasteiger partial charge in [0.25, 0.3) is 0 Å². The number of hydrogen-bond acceptors (Lipinski definition) is 6. The third-order valence-electron chi connectivity index (χ3n) is 5.72. The van der Waals surface area contributed by atoms with E-state index in [2.05, 4.69) is 17.4 Å².